The number of anilines is 2. The third-order valence-corrected chi connectivity index (χ3v) is 4.56. The SMILES string of the molecule is O=C(CC1NC(=O)c2ccccc2NC1=O)Nc1ccc(Oc2ccccc2)cc1. The van der Waals surface area contributed by atoms with Crippen LogP contribution in [0.25, 0.3) is 0 Å². The van der Waals surface area contributed by atoms with Crippen LogP contribution in [0, 0.1) is 0 Å². The van der Waals surface area contributed by atoms with E-state index in [-0.39, 0.29) is 6.42 Å². The molecule has 0 fully saturated rings. The first-order valence-corrected chi connectivity index (χ1v) is 9.42. The molecule has 0 saturated heterocycles. The number of para-hydroxylation sites is 2. The zero-order valence-electron chi connectivity index (χ0n) is 15.9. The summed E-state index contributed by atoms with van der Waals surface area (Å²) < 4.78 is 5.72. The van der Waals surface area contributed by atoms with E-state index in [9.17, 15) is 14.4 Å². The van der Waals surface area contributed by atoms with Gasteiger partial charge in [-0.3, -0.25) is 14.4 Å². The van der Waals surface area contributed by atoms with E-state index in [4.69, 9.17) is 4.74 Å². The summed E-state index contributed by atoms with van der Waals surface area (Å²) in [5, 5.41) is 8.02. The molecule has 1 atom stereocenters. The highest BCUT2D eigenvalue weighted by Gasteiger charge is 2.29. The second-order valence-corrected chi connectivity index (χ2v) is 6.75. The average molecular weight is 401 g/mol. The lowest BCUT2D eigenvalue weighted by atomic mass is 10.1. The van der Waals surface area contributed by atoms with E-state index in [2.05, 4.69) is 16.0 Å². The van der Waals surface area contributed by atoms with Gasteiger partial charge in [-0.1, -0.05) is 30.3 Å². The van der Waals surface area contributed by atoms with Crippen LogP contribution in [0.1, 0.15) is 16.8 Å². The largest absolute Gasteiger partial charge is 0.457 e. The molecular formula is C23H19N3O4. The molecule has 0 aliphatic carbocycles. The predicted octanol–water partition coefficient (Wildman–Crippen LogP) is 3.56. The second kappa shape index (κ2) is 8.48. The van der Waals surface area contributed by atoms with Crippen LogP contribution in [0.4, 0.5) is 11.4 Å². The number of hydrogen-bond donors (Lipinski definition) is 3. The van der Waals surface area contributed by atoms with Gasteiger partial charge in [-0.15, -0.1) is 0 Å². The number of carbonyl (C=O) groups is 3. The molecule has 7 heteroatoms. The van der Waals surface area contributed by atoms with Crippen molar-refractivity contribution in [1.82, 2.24) is 5.32 Å². The Bertz CT molecular complexity index is 1080. The first-order valence-electron chi connectivity index (χ1n) is 9.42. The fourth-order valence-electron chi connectivity index (χ4n) is 3.08. The number of amides is 3. The van der Waals surface area contributed by atoms with Crippen molar-refractivity contribution >= 4 is 29.1 Å². The van der Waals surface area contributed by atoms with Gasteiger partial charge >= 0.3 is 0 Å². The summed E-state index contributed by atoms with van der Waals surface area (Å²) >= 11 is 0. The molecule has 1 aliphatic heterocycles. The monoisotopic (exact) mass is 401 g/mol. The van der Waals surface area contributed by atoms with Crippen LogP contribution in [0.5, 0.6) is 11.5 Å². The number of hydrogen-bond acceptors (Lipinski definition) is 4. The number of nitrogens with one attached hydrogen (secondary N) is 3. The maximum atomic E-state index is 12.4. The predicted molar refractivity (Wildman–Crippen MR) is 113 cm³/mol. The van der Waals surface area contributed by atoms with Crippen LogP contribution < -0.4 is 20.7 Å². The molecule has 1 unspecified atom stereocenters. The number of ether oxygens (including phenoxy) is 1. The molecule has 1 heterocycles. The normalized spacial score (nSPS) is 15.3. The fourth-order valence-corrected chi connectivity index (χ4v) is 3.08. The van der Waals surface area contributed by atoms with Gasteiger partial charge in [0, 0.05) is 5.69 Å². The van der Waals surface area contributed by atoms with Crippen LogP contribution in [-0.4, -0.2) is 23.8 Å². The van der Waals surface area contributed by atoms with E-state index >= 15 is 0 Å². The van der Waals surface area contributed by atoms with E-state index in [1.807, 2.05) is 30.3 Å². The zero-order valence-corrected chi connectivity index (χ0v) is 15.9. The molecule has 7 nitrogen and oxygen atoms in total. The van der Waals surface area contributed by atoms with E-state index in [0.29, 0.717) is 28.4 Å². The van der Waals surface area contributed by atoms with Gasteiger partial charge in [0.15, 0.2) is 0 Å². The Morgan fingerprint density at radius 3 is 2.30 bits per heavy atom. The highest BCUT2D eigenvalue weighted by molar-refractivity contribution is 6.11. The van der Waals surface area contributed by atoms with Crippen molar-refractivity contribution < 1.29 is 19.1 Å². The lowest BCUT2D eigenvalue weighted by Gasteiger charge is -2.14. The average Bonchev–Trinajstić information content (AvgIpc) is 2.86. The minimum Gasteiger partial charge on any atom is -0.457 e. The minimum atomic E-state index is -0.967. The van der Waals surface area contributed by atoms with E-state index in [0.717, 1.165) is 0 Å². The van der Waals surface area contributed by atoms with Crippen LogP contribution in [-0.2, 0) is 9.59 Å². The van der Waals surface area contributed by atoms with Gasteiger partial charge in [0.05, 0.1) is 17.7 Å². The number of benzene rings is 3. The smallest absolute Gasteiger partial charge is 0.254 e. The number of fused-ring (bicyclic) bond motifs is 1. The summed E-state index contributed by atoms with van der Waals surface area (Å²) in [4.78, 5) is 37.2. The fraction of sp³-hybridized carbons (Fsp3) is 0.0870. The summed E-state index contributed by atoms with van der Waals surface area (Å²) in [7, 11) is 0. The quantitative estimate of drug-likeness (QED) is 0.609. The second-order valence-electron chi connectivity index (χ2n) is 6.75. The Morgan fingerprint density at radius 1 is 0.867 bits per heavy atom. The van der Waals surface area contributed by atoms with E-state index in [1.54, 1.807) is 48.5 Å². The Hall–Kier alpha value is -4.13. The number of rotatable bonds is 5. The summed E-state index contributed by atoms with van der Waals surface area (Å²) in [6, 6.07) is 22.0. The molecule has 0 saturated carbocycles. The van der Waals surface area contributed by atoms with Crippen molar-refractivity contribution in [2.75, 3.05) is 10.6 Å². The molecule has 3 N–H and O–H groups in total. The Labute approximate surface area is 173 Å². The van der Waals surface area contributed by atoms with Crippen molar-refractivity contribution in [1.29, 1.82) is 0 Å². The van der Waals surface area contributed by atoms with Gasteiger partial charge in [0.25, 0.3) is 5.91 Å². The van der Waals surface area contributed by atoms with E-state index < -0.39 is 23.8 Å². The molecule has 0 aromatic heterocycles. The molecule has 3 amide bonds. The van der Waals surface area contributed by atoms with Crippen molar-refractivity contribution in [2.24, 2.45) is 0 Å². The third-order valence-electron chi connectivity index (χ3n) is 4.56. The van der Waals surface area contributed by atoms with Gasteiger partial charge < -0.3 is 20.7 Å². The lowest BCUT2D eigenvalue weighted by molar-refractivity contribution is -0.122. The van der Waals surface area contributed by atoms with Crippen molar-refractivity contribution in [3.8, 4) is 11.5 Å². The topological polar surface area (TPSA) is 96.5 Å². The Morgan fingerprint density at radius 2 is 1.53 bits per heavy atom. The molecule has 150 valence electrons. The first-order chi connectivity index (χ1) is 14.6. The lowest BCUT2D eigenvalue weighted by Crippen LogP contribution is -2.43. The molecule has 0 spiro atoms. The molecule has 1 aliphatic rings. The van der Waals surface area contributed by atoms with Gasteiger partial charge in [-0.25, -0.2) is 0 Å². The highest BCUT2D eigenvalue weighted by Crippen LogP contribution is 2.23. The third kappa shape index (κ3) is 4.47. The maximum Gasteiger partial charge on any atom is 0.254 e. The minimum absolute atomic E-state index is 0.187. The first kappa shape index (κ1) is 19.2. The maximum absolute atomic E-state index is 12.4. The van der Waals surface area contributed by atoms with Gasteiger partial charge in [-0.05, 0) is 48.5 Å². The molecule has 0 radical (unpaired) electrons. The highest BCUT2D eigenvalue weighted by atomic mass is 16.5. The van der Waals surface area contributed by atoms with Crippen LogP contribution in [0.3, 0.4) is 0 Å². The van der Waals surface area contributed by atoms with E-state index in [1.165, 1.54) is 0 Å². The summed E-state index contributed by atoms with van der Waals surface area (Å²) in [5.41, 5.74) is 1.35. The van der Waals surface area contributed by atoms with Crippen molar-refractivity contribution in [3.05, 3.63) is 84.4 Å². The van der Waals surface area contributed by atoms with Crippen LogP contribution in [0.2, 0.25) is 0 Å². The van der Waals surface area contributed by atoms with Crippen LogP contribution >= 0.6 is 0 Å². The van der Waals surface area contributed by atoms with Gasteiger partial charge in [0.1, 0.15) is 17.5 Å². The summed E-state index contributed by atoms with van der Waals surface area (Å²) in [5.74, 6) is 0.120. The van der Waals surface area contributed by atoms with Gasteiger partial charge in [-0.2, -0.15) is 0 Å². The molecule has 3 aromatic rings. The summed E-state index contributed by atoms with van der Waals surface area (Å²) in [6.07, 6.45) is -0.187. The molecular weight excluding hydrogens is 382 g/mol. The molecule has 4 rings (SSSR count). The summed E-state index contributed by atoms with van der Waals surface area (Å²) in [6.45, 7) is 0. The Kier molecular flexibility index (Phi) is 5.43. The molecule has 30 heavy (non-hydrogen) atoms. The van der Waals surface area contributed by atoms with Crippen molar-refractivity contribution in [3.63, 3.8) is 0 Å². The van der Waals surface area contributed by atoms with Crippen LogP contribution in [0.15, 0.2) is 78.9 Å². The van der Waals surface area contributed by atoms with Crippen molar-refractivity contribution in [2.45, 2.75) is 12.5 Å². The molecule has 0 bridgehead atoms. The Balaban J connectivity index is 1.36. The molecule has 3 aromatic carbocycles. The zero-order chi connectivity index (χ0) is 20.9. The standard InChI is InChI=1S/C23H19N3O4/c27-21(14-20-23(29)25-19-9-5-4-8-18(19)22(28)26-20)24-15-10-12-17(13-11-15)30-16-6-2-1-3-7-16/h1-13,20H,14H2,(H,24,27)(H,25,29)(H,26,28). The number of carbonyl (C=O) groups excluding carboxylic acids is 3. The van der Waals surface area contributed by atoms with Gasteiger partial charge in [0.2, 0.25) is 11.8 Å².